The molecule has 0 N–H and O–H groups in total. The first-order valence-electron chi connectivity index (χ1n) is 7.74. The van der Waals surface area contributed by atoms with E-state index in [1.54, 1.807) is 0 Å². The number of halogens is 1. The Labute approximate surface area is 130 Å². The molecular formula is C17H29ClNO-. The smallest absolute Gasteiger partial charge is 0.122 e. The number of ether oxygens (including phenoxy) is 1. The average Bonchev–Trinajstić information content (AvgIpc) is 2.45. The zero-order valence-corrected chi connectivity index (χ0v) is 14.0. The van der Waals surface area contributed by atoms with E-state index in [2.05, 4.69) is 49.9 Å². The quantitative estimate of drug-likeness (QED) is 0.601. The summed E-state index contributed by atoms with van der Waals surface area (Å²) in [7, 11) is 0. The monoisotopic (exact) mass is 298 g/mol. The summed E-state index contributed by atoms with van der Waals surface area (Å²) in [6.45, 7) is 10.6. The molecule has 0 aliphatic rings. The number of likely N-dealkylation sites (N-methyl/N-ethyl adjacent to an activating group) is 1. The largest absolute Gasteiger partial charge is 1.00 e. The lowest BCUT2D eigenvalue weighted by Crippen LogP contribution is -3.00. The third-order valence-corrected chi connectivity index (χ3v) is 3.58. The Balaban J connectivity index is 0.00000361. The summed E-state index contributed by atoms with van der Waals surface area (Å²) in [5.41, 5.74) is 1.36. The van der Waals surface area contributed by atoms with Crippen molar-refractivity contribution in [2.24, 2.45) is 0 Å². The first-order valence-corrected chi connectivity index (χ1v) is 7.74. The van der Waals surface area contributed by atoms with Crippen LogP contribution in [0.5, 0.6) is 5.75 Å². The van der Waals surface area contributed by atoms with Gasteiger partial charge < -0.3 is 22.0 Å². The number of hydrogen-bond acceptors (Lipinski definition) is 2. The Morgan fingerprint density at radius 2 is 1.70 bits per heavy atom. The molecule has 0 aliphatic carbocycles. The second kappa shape index (κ2) is 12.0. The number of hydrogen-bond donors (Lipinski definition) is 0. The molecule has 0 bridgehead atoms. The predicted octanol–water partition coefficient (Wildman–Crippen LogP) is 1.14. The Morgan fingerprint density at radius 1 is 1.00 bits per heavy atom. The van der Waals surface area contributed by atoms with Crippen molar-refractivity contribution in [2.75, 3.05) is 26.2 Å². The maximum absolute atomic E-state index is 5.96. The zero-order valence-electron chi connectivity index (χ0n) is 13.2. The van der Waals surface area contributed by atoms with Crippen LogP contribution < -0.4 is 17.1 Å². The number of benzene rings is 1. The minimum atomic E-state index is 0. The van der Waals surface area contributed by atoms with Crippen molar-refractivity contribution in [3.8, 4) is 5.75 Å². The molecule has 3 heteroatoms. The van der Waals surface area contributed by atoms with Crippen molar-refractivity contribution in [3.05, 3.63) is 29.8 Å². The normalized spacial score (nSPS) is 10.4. The Morgan fingerprint density at radius 3 is 2.35 bits per heavy atom. The number of rotatable bonds is 10. The topological polar surface area (TPSA) is 12.5 Å². The van der Waals surface area contributed by atoms with E-state index in [0.29, 0.717) is 0 Å². The van der Waals surface area contributed by atoms with E-state index in [1.165, 1.54) is 24.8 Å². The first kappa shape index (κ1) is 19.3. The van der Waals surface area contributed by atoms with Crippen LogP contribution in [0.25, 0.3) is 0 Å². The Hall–Kier alpha value is -0.730. The number of para-hydroxylation sites is 1. The fourth-order valence-corrected chi connectivity index (χ4v) is 2.24. The van der Waals surface area contributed by atoms with Crippen LogP contribution in [0.1, 0.15) is 45.6 Å². The molecule has 0 radical (unpaired) electrons. The van der Waals surface area contributed by atoms with Crippen molar-refractivity contribution in [1.82, 2.24) is 4.90 Å². The van der Waals surface area contributed by atoms with Crippen molar-refractivity contribution in [3.63, 3.8) is 0 Å². The van der Waals surface area contributed by atoms with Gasteiger partial charge in [0, 0.05) is 6.54 Å². The van der Waals surface area contributed by atoms with Crippen molar-refractivity contribution < 1.29 is 17.1 Å². The molecule has 0 spiro atoms. The molecule has 116 valence electrons. The van der Waals surface area contributed by atoms with Gasteiger partial charge in [0.15, 0.2) is 0 Å². The summed E-state index contributed by atoms with van der Waals surface area (Å²) in [6, 6.07) is 8.47. The van der Waals surface area contributed by atoms with E-state index in [4.69, 9.17) is 4.74 Å². The Bertz CT molecular complexity index is 340. The summed E-state index contributed by atoms with van der Waals surface area (Å²) in [5.74, 6) is 1.07. The molecule has 1 aromatic rings. The molecule has 0 unspecified atom stereocenters. The van der Waals surface area contributed by atoms with Crippen LogP contribution in [0, 0.1) is 0 Å². The van der Waals surface area contributed by atoms with Crippen molar-refractivity contribution in [2.45, 2.75) is 46.5 Å². The highest BCUT2D eigenvalue weighted by Gasteiger charge is 2.04. The maximum Gasteiger partial charge on any atom is 0.122 e. The summed E-state index contributed by atoms with van der Waals surface area (Å²) < 4.78 is 5.96. The van der Waals surface area contributed by atoms with Gasteiger partial charge in [0.1, 0.15) is 12.4 Å². The molecule has 1 aromatic carbocycles. The van der Waals surface area contributed by atoms with Gasteiger partial charge in [-0.15, -0.1) is 0 Å². The van der Waals surface area contributed by atoms with Crippen LogP contribution in [0.4, 0.5) is 0 Å². The molecule has 0 atom stereocenters. The van der Waals surface area contributed by atoms with E-state index in [-0.39, 0.29) is 12.4 Å². The Kier molecular flexibility index (Phi) is 11.6. The molecule has 0 heterocycles. The van der Waals surface area contributed by atoms with Gasteiger partial charge in [-0.2, -0.15) is 0 Å². The molecule has 2 nitrogen and oxygen atoms in total. The fraction of sp³-hybridized carbons (Fsp3) is 0.647. The van der Waals surface area contributed by atoms with Gasteiger partial charge in [0.05, 0.1) is 0 Å². The third-order valence-electron chi connectivity index (χ3n) is 3.58. The van der Waals surface area contributed by atoms with Crippen LogP contribution in [0.3, 0.4) is 0 Å². The lowest BCUT2D eigenvalue weighted by molar-refractivity contribution is -0.00000459. The molecule has 0 amide bonds. The van der Waals surface area contributed by atoms with Gasteiger partial charge in [-0.25, -0.2) is 0 Å². The summed E-state index contributed by atoms with van der Waals surface area (Å²) in [5, 5.41) is 0. The van der Waals surface area contributed by atoms with Crippen LogP contribution in [-0.2, 0) is 6.42 Å². The van der Waals surface area contributed by atoms with Gasteiger partial charge in [0.25, 0.3) is 0 Å². The van der Waals surface area contributed by atoms with Gasteiger partial charge in [0.2, 0.25) is 0 Å². The standard InChI is InChI=1S/C17H29NO.ClH/c1-4-7-8-11-16-12-9-10-13-17(16)19-15-14-18(5-2)6-3;/h9-10,12-13H,4-8,11,14-15H2,1-3H3;1H/p-1. The third kappa shape index (κ3) is 7.16. The van der Waals surface area contributed by atoms with E-state index in [0.717, 1.165) is 38.4 Å². The van der Waals surface area contributed by atoms with Crippen molar-refractivity contribution in [1.29, 1.82) is 0 Å². The minimum Gasteiger partial charge on any atom is -1.00 e. The maximum atomic E-state index is 5.96. The molecular weight excluding hydrogens is 270 g/mol. The molecule has 0 aliphatic heterocycles. The van der Waals surface area contributed by atoms with E-state index in [9.17, 15) is 0 Å². The molecule has 0 saturated carbocycles. The summed E-state index contributed by atoms with van der Waals surface area (Å²) in [6.07, 6.45) is 4.96. The minimum absolute atomic E-state index is 0. The summed E-state index contributed by atoms with van der Waals surface area (Å²) >= 11 is 0. The van der Waals surface area contributed by atoms with Crippen LogP contribution in [-0.4, -0.2) is 31.1 Å². The number of nitrogens with zero attached hydrogens (tertiary/aromatic N) is 1. The predicted molar refractivity (Wildman–Crippen MR) is 83.0 cm³/mol. The van der Waals surface area contributed by atoms with E-state index < -0.39 is 0 Å². The number of aryl methyl sites for hydroxylation is 1. The number of unbranched alkanes of at least 4 members (excludes halogenated alkanes) is 2. The fourth-order valence-electron chi connectivity index (χ4n) is 2.24. The molecule has 20 heavy (non-hydrogen) atoms. The highest BCUT2D eigenvalue weighted by molar-refractivity contribution is 5.33. The van der Waals surface area contributed by atoms with Gasteiger partial charge >= 0.3 is 0 Å². The highest BCUT2D eigenvalue weighted by Crippen LogP contribution is 2.20. The van der Waals surface area contributed by atoms with Gasteiger partial charge in [-0.05, 0) is 37.6 Å². The van der Waals surface area contributed by atoms with E-state index >= 15 is 0 Å². The van der Waals surface area contributed by atoms with Crippen LogP contribution in [0.15, 0.2) is 24.3 Å². The molecule has 0 saturated heterocycles. The molecule has 0 aromatic heterocycles. The van der Waals surface area contributed by atoms with Crippen LogP contribution in [0.2, 0.25) is 0 Å². The van der Waals surface area contributed by atoms with Crippen LogP contribution >= 0.6 is 0 Å². The average molecular weight is 299 g/mol. The first-order chi connectivity index (χ1) is 9.31. The zero-order chi connectivity index (χ0) is 13.9. The SMILES string of the molecule is CCCCCc1ccccc1OCCN(CC)CC.[Cl-]. The lowest BCUT2D eigenvalue weighted by Gasteiger charge is -2.19. The molecule has 1 rings (SSSR count). The second-order valence-electron chi connectivity index (χ2n) is 4.94. The summed E-state index contributed by atoms with van der Waals surface area (Å²) in [4.78, 5) is 2.39. The van der Waals surface area contributed by atoms with E-state index in [1.807, 2.05) is 0 Å². The molecule has 0 fully saturated rings. The van der Waals surface area contributed by atoms with Crippen molar-refractivity contribution >= 4 is 0 Å². The highest BCUT2D eigenvalue weighted by atomic mass is 35.5. The van der Waals surface area contributed by atoms with Gasteiger partial charge in [-0.3, -0.25) is 0 Å². The second-order valence-corrected chi connectivity index (χ2v) is 4.94. The lowest BCUT2D eigenvalue weighted by atomic mass is 10.1. The van der Waals surface area contributed by atoms with Gasteiger partial charge in [-0.1, -0.05) is 51.8 Å².